The predicted octanol–water partition coefficient (Wildman–Crippen LogP) is 1.50. The monoisotopic (exact) mass is 221 g/mol. The van der Waals surface area contributed by atoms with Crippen LogP contribution in [0.25, 0.3) is 0 Å². The van der Waals surface area contributed by atoms with Gasteiger partial charge in [0.15, 0.2) is 0 Å². The Bertz CT molecular complexity index is 306. The second kappa shape index (κ2) is 4.65. The van der Waals surface area contributed by atoms with Crippen LogP contribution in [0, 0.1) is 0 Å². The number of alkyl halides is 3. The van der Waals surface area contributed by atoms with Crippen molar-refractivity contribution in [1.29, 1.82) is 0 Å². The average Bonchev–Trinajstić information content (AvgIpc) is 2.49. The zero-order chi connectivity index (χ0) is 11.5. The number of halogens is 3. The van der Waals surface area contributed by atoms with Gasteiger partial charge in [0.25, 0.3) is 0 Å². The van der Waals surface area contributed by atoms with E-state index in [0.29, 0.717) is 5.82 Å². The normalized spacial score (nSPS) is 14.2. The number of hydrogen-bond acceptors (Lipinski definition) is 2. The number of aryl methyl sites for hydroxylation is 1. The number of aromatic nitrogens is 2. The van der Waals surface area contributed by atoms with Crippen molar-refractivity contribution >= 4 is 0 Å². The molecule has 0 aromatic carbocycles. The lowest BCUT2D eigenvalue weighted by atomic mass is 10.2. The molecular weight excluding hydrogens is 207 g/mol. The number of nitrogens with one attached hydrogen (secondary N) is 1. The van der Waals surface area contributed by atoms with E-state index >= 15 is 0 Å². The fourth-order valence-electron chi connectivity index (χ4n) is 1.33. The van der Waals surface area contributed by atoms with Gasteiger partial charge in [-0.3, -0.25) is 0 Å². The highest BCUT2D eigenvalue weighted by Gasteiger charge is 2.39. The molecule has 0 spiro atoms. The minimum absolute atomic E-state index is 0.138. The van der Waals surface area contributed by atoms with E-state index in [1.54, 1.807) is 24.7 Å². The summed E-state index contributed by atoms with van der Waals surface area (Å²) in [5.74, 6) is 0.429. The van der Waals surface area contributed by atoms with Crippen LogP contribution in [0.2, 0.25) is 0 Å². The number of imidazole rings is 1. The first-order chi connectivity index (χ1) is 6.95. The summed E-state index contributed by atoms with van der Waals surface area (Å²) in [6.45, 7) is 1.94. The Balaban J connectivity index is 2.71. The topological polar surface area (TPSA) is 29.9 Å². The molecule has 0 bridgehead atoms. The highest BCUT2D eigenvalue weighted by atomic mass is 19.4. The van der Waals surface area contributed by atoms with Crippen LogP contribution >= 0.6 is 0 Å². The summed E-state index contributed by atoms with van der Waals surface area (Å²) in [7, 11) is 1.68. The average molecular weight is 221 g/mol. The van der Waals surface area contributed by atoms with Crippen molar-refractivity contribution in [2.24, 2.45) is 7.05 Å². The molecule has 3 nitrogen and oxygen atoms in total. The Morgan fingerprint density at radius 3 is 2.60 bits per heavy atom. The molecule has 0 saturated carbocycles. The third-order valence-electron chi connectivity index (χ3n) is 2.15. The van der Waals surface area contributed by atoms with E-state index in [1.807, 2.05) is 0 Å². The van der Waals surface area contributed by atoms with Gasteiger partial charge < -0.3 is 9.88 Å². The largest absolute Gasteiger partial charge is 0.404 e. The van der Waals surface area contributed by atoms with E-state index in [4.69, 9.17) is 0 Å². The van der Waals surface area contributed by atoms with E-state index in [0.717, 1.165) is 0 Å². The second-order valence-electron chi connectivity index (χ2n) is 3.31. The molecule has 1 unspecified atom stereocenters. The van der Waals surface area contributed by atoms with Gasteiger partial charge in [0.05, 0.1) is 0 Å². The van der Waals surface area contributed by atoms with Gasteiger partial charge in [-0.1, -0.05) is 6.92 Å². The Hall–Kier alpha value is -1.04. The van der Waals surface area contributed by atoms with Gasteiger partial charge in [0, 0.05) is 25.9 Å². The third kappa shape index (κ3) is 3.23. The zero-order valence-corrected chi connectivity index (χ0v) is 8.67. The fraction of sp³-hybridized carbons (Fsp3) is 0.667. The molecule has 0 radical (unpaired) electrons. The molecule has 6 heteroatoms. The molecule has 1 atom stereocenters. The number of nitrogens with zero attached hydrogens (tertiary/aromatic N) is 2. The van der Waals surface area contributed by atoms with E-state index in [1.165, 1.54) is 6.20 Å². The van der Waals surface area contributed by atoms with Crippen LogP contribution < -0.4 is 5.32 Å². The highest BCUT2D eigenvalue weighted by molar-refractivity contribution is 4.96. The van der Waals surface area contributed by atoms with Crippen LogP contribution in [0.3, 0.4) is 0 Å². The molecule has 0 aliphatic rings. The van der Waals surface area contributed by atoms with Crippen molar-refractivity contribution in [3.8, 4) is 0 Å². The van der Waals surface area contributed by atoms with Crippen molar-refractivity contribution in [3.05, 3.63) is 18.2 Å². The summed E-state index contributed by atoms with van der Waals surface area (Å²) < 4.78 is 39.2. The van der Waals surface area contributed by atoms with Crippen molar-refractivity contribution in [1.82, 2.24) is 14.9 Å². The van der Waals surface area contributed by atoms with E-state index in [9.17, 15) is 13.2 Å². The fourth-order valence-corrected chi connectivity index (χ4v) is 1.33. The molecule has 0 amide bonds. The maximum atomic E-state index is 12.5. The molecule has 0 aliphatic heterocycles. The Morgan fingerprint density at radius 2 is 2.20 bits per heavy atom. The first kappa shape index (κ1) is 12.0. The van der Waals surface area contributed by atoms with Gasteiger partial charge in [0.2, 0.25) is 0 Å². The number of rotatable bonds is 4. The highest BCUT2D eigenvalue weighted by Crippen LogP contribution is 2.22. The molecule has 0 aliphatic carbocycles. The van der Waals surface area contributed by atoms with Crippen molar-refractivity contribution < 1.29 is 13.2 Å². The smallest absolute Gasteiger partial charge is 0.338 e. The number of hydrogen-bond donors (Lipinski definition) is 1. The van der Waals surface area contributed by atoms with Crippen LogP contribution in [-0.4, -0.2) is 28.3 Å². The minimum atomic E-state index is -4.23. The van der Waals surface area contributed by atoms with Crippen LogP contribution in [-0.2, 0) is 13.5 Å². The molecule has 86 valence electrons. The molecular formula is C9H14F3N3. The van der Waals surface area contributed by atoms with Crippen LogP contribution in [0.5, 0.6) is 0 Å². The molecule has 15 heavy (non-hydrogen) atoms. The van der Waals surface area contributed by atoms with Gasteiger partial charge >= 0.3 is 6.18 Å². The molecule has 0 fully saturated rings. The first-order valence-corrected chi connectivity index (χ1v) is 4.71. The molecule has 1 aromatic rings. The van der Waals surface area contributed by atoms with Crippen LogP contribution in [0.1, 0.15) is 12.7 Å². The van der Waals surface area contributed by atoms with E-state index in [-0.39, 0.29) is 13.0 Å². The summed E-state index contributed by atoms with van der Waals surface area (Å²) in [4.78, 5) is 3.87. The molecule has 0 saturated heterocycles. The van der Waals surface area contributed by atoms with Crippen molar-refractivity contribution in [2.75, 3.05) is 6.54 Å². The van der Waals surface area contributed by atoms with E-state index in [2.05, 4.69) is 10.3 Å². The summed E-state index contributed by atoms with van der Waals surface area (Å²) >= 11 is 0. The summed E-state index contributed by atoms with van der Waals surface area (Å²) in [5.41, 5.74) is 0. The number of likely N-dealkylation sites (N-methyl/N-ethyl adjacent to an activating group) is 1. The van der Waals surface area contributed by atoms with Gasteiger partial charge in [-0.25, -0.2) is 4.98 Å². The molecule has 1 heterocycles. The zero-order valence-electron chi connectivity index (χ0n) is 8.67. The summed E-state index contributed by atoms with van der Waals surface area (Å²) in [6, 6.07) is -1.52. The van der Waals surface area contributed by atoms with Crippen LogP contribution in [0.4, 0.5) is 13.2 Å². The minimum Gasteiger partial charge on any atom is -0.338 e. The summed E-state index contributed by atoms with van der Waals surface area (Å²) in [6.07, 6.45) is -1.24. The SMILES string of the molecule is CCNC(Cc1nccn1C)C(F)(F)F. The third-order valence-corrected chi connectivity index (χ3v) is 2.15. The van der Waals surface area contributed by atoms with Crippen molar-refractivity contribution in [3.63, 3.8) is 0 Å². The van der Waals surface area contributed by atoms with Gasteiger partial charge in [-0.15, -0.1) is 0 Å². The molecule has 1 N–H and O–H groups in total. The van der Waals surface area contributed by atoms with Crippen molar-refractivity contribution in [2.45, 2.75) is 25.6 Å². The quantitative estimate of drug-likeness (QED) is 0.835. The Kier molecular flexibility index (Phi) is 3.73. The summed E-state index contributed by atoms with van der Waals surface area (Å²) in [5, 5.41) is 2.41. The standard InChI is InChI=1S/C9H14F3N3/c1-3-13-7(9(10,11)12)6-8-14-4-5-15(8)2/h4-5,7,13H,3,6H2,1-2H3. The first-order valence-electron chi connectivity index (χ1n) is 4.71. The Labute approximate surface area is 86.3 Å². The maximum absolute atomic E-state index is 12.5. The lowest BCUT2D eigenvalue weighted by Crippen LogP contribution is -2.44. The van der Waals surface area contributed by atoms with E-state index < -0.39 is 12.2 Å². The maximum Gasteiger partial charge on any atom is 0.404 e. The molecule has 1 aromatic heterocycles. The van der Waals surface area contributed by atoms with Gasteiger partial charge in [-0.2, -0.15) is 13.2 Å². The van der Waals surface area contributed by atoms with Gasteiger partial charge in [-0.05, 0) is 6.54 Å². The molecule has 1 rings (SSSR count). The predicted molar refractivity (Wildman–Crippen MR) is 50.4 cm³/mol. The van der Waals surface area contributed by atoms with Crippen LogP contribution in [0.15, 0.2) is 12.4 Å². The second-order valence-corrected chi connectivity index (χ2v) is 3.31. The lowest BCUT2D eigenvalue weighted by Gasteiger charge is -2.20. The van der Waals surface area contributed by atoms with Gasteiger partial charge in [0.1, 0.15) is 11.9 Å². The lowest BCUT2D eigenvalue weighted by molar-refractivity contribution is -0.155. The Morgan fingerprint density at radius 1 is 1.53 bits per heavy atom.